The minimum Gasteiger partial charge on any atom is -0.316 e. The number of aromatic nitrogens is 1. The van der Waals surface area contributed by atoms with Crippen molar-refractivity contribution in [1.29, 1.82) is 0 Å². The normalized spacial score (nSPS) is 12.1. The van der Waals surface area contributed by atoms with E-state index in [2.05, 4.69) is 4.99 Å². The van der Waals surface area contributed by atoms with Crippen LogP contribution >= 0.6 is 34.3 Å². The molecular formula is C19H14ClN3O3S2. The van der Waals surface area contributed by atoms with Crippen LogP contribution in [-0.4, -0.2) is 15.4 Å². The molecule has 0 atom stereocenters. The summed E-state index contributed by atoms with van der Waals surface area (Å²) in [7, 11) is 0. The molecule has 28 heavy (non-hydrogen) atoms. The van der Waals surface area contributed by atoms with Gasteiger partial charge in [-0.2, -0.15) is 4.99 Å². The Morgan fingerprint density at radius 3 is 2.71 bits per heavy atom. The summed E-state index contributed by atoms with van der Waals surface area (Å²) in [5.41, 5.74) is 0.842. The van der Waals surface area contributed by atoms with Crippen molar-refractivity contribution in [2.45, 2.75) is 19.9 Å². The van der Waals surface area contributed by atoms with Gasteiger partial charge in [-0.25, -0.2) is 0 Å². The van der Waals surface area contributed by atoms with E-state index in [-0.39, 0.29) is 5.69 Å². The van der Waals surface area contributed by atoms with E-state index < -0.39 is 10.8 Å². The molecule has 0 aliphatic heterocycles. The second kappa shape index (κ2) is 7.46. The van der Waals surface area contributed by atoms with E-state index >= 15 is 0 Å². The number of nitro groups is 1. The quantitative estimate of drug-likeness (QED) is 0.310. The first-order chi connectivity index (χ1) is 13.5. The Balaban J connectivity index is 1.87. The zero-order valence-corrected chi connectivity index (χ0v) is 17.1. The fourth-order valence-electron chi connectivity index (χ4n) is 2.99. The molecule has 0 unspecified atom stereocenters. The maximum atomic E-state index is 12.9. The number of thiophene rings is 1. The topological polar surface area (TPSA) is 77.5 Å². The molecule has 2 aromatic heterocycles. The van der Waals surface area contributed by atoms with Crippen LogP contribution in [-0.2, 0) is 6.54 Å². The molecule has 9 heteroatoms. The van der Waals surface area contributed by atoms with Gasteiger partial charge < -0.3 is 4.57 Å². The lowest BCUT2D eigenvalue weighted by molar-refractivity contribution is -0.384. The van der Waals surface area contributed by atoms with Crippen molar-refractivity contribution < 1.29 is 9.72 Å². The monoisotopic (exact) mass is 431 g/mol. The Hall–Kier alpha value is -2.55. The molecule has 0 saturated carbocycles. The minimum atomic E-state index is -0.428. The third-order valence-electron chi connectivity index (χ3n) is 4.25. The number of carbonyl (C=O) groups excluding carboxylic acids is 1. The molecule has 0 N–H and O–H groups in total. The third-order valence-corrected chi connectivity index (χ3v) is 6.96. The molecule has 0 fully saturated rings. The SMILES string of the molecule is CCCn1c(=NC(=O)c2sc3ccccc3c2Cl)sc2cc([N+](=O)[O-])ccc21. The predicted molar refractivity (Wildman–Crippen MR) is 113 cm³/mol. The summed E-state index contributed by atoms with van der Waals surface area (Å²) in [5, 5.41) is 12.3. The average Bonchev–Trinajstić information content (AvgIpc) is 3.20. The second-order valence-electron chi connectivity index (χ2n) is 6.10. The molecule has 2 heterocycles. The van der Waals surface area contributed by atoms with Crippen LogP contribution in [0.1, 0.15) is 23.0 Å². The number of benzene rings is 2. The molecule has 2 aromatic carbocycles. The van der Waals surface area contributed by atoms with Gasteiger partial charge in [0.1, 0.15) is 4.88 Å². The van der Waals surface area contributed by atoms with Gasteiger partial charge in [0.15, 0.2) is 4.80 Å². The van der Waals surface area contributed by atoms with Crippen LogP contribution in [0.3, 0.4) is 0 Å². The Morgan fingerprint density at radius 2 is 2.00 bits per heavy atom. The van der Waals surface area contributed by atoms with Crippen molar-refractivity contribution in [1.82, 2.24) is 4.57 Å². The van der Waals surface area contributed by atoms with Crippen LogP contribution in [0.4, 0.5) is 5.69 Å². The summed E-state index contributed by atoms with van der Waals surface area (Å²) in [4.78, 5) is 28.7. The van der Waals surface area contributed by atoms with E-state index in [0.717, 1.165) is 26.7 Å². The first-order valence-corrected chi connectivity index (χ1v) is 10.5. The molecule has 0 spiro atoms. The maximum absolute atomic E-state index is 12.9. The Morgan fingerprint density at radius 1 is 1.21 bits per heavy atom. The zero-order valence-electron chi connectivity index (χ0n) is 14.7. The zero-order chi connectivity index (χ0) is 19.8. The van der Waals surface area contributed by atoms with E-state index in [1.165, 1.54) is 34.8 Å². The van der Waals surface area contributed by atoms with Gasteiger partial charge in [0.25, 0.3) is 11.6 Å². The lowest BCUT2D eigenvalue weighted by Crippen LogP contribution is -2.16. The number of amides is 1. The lowest BCUT2D eigenvalue weighted by atomic mass is 10.2. The van der Waals surface area contributed by atoms with Crippen molar-refractivity contribution in [3.05, 3.63) is 67.3 Å². The molecule has 0 saturated heterocycles. The van der Waals surface area contributed by atoms with Crippen LogP contribution in [0, 0.1) is 10.1 Å². The van der Waals surface area contributed by atoms with Crippen LogP contribution in [0.2, 0.25) is 5.02 Å². The minimum absolute atomic E-state index is 0.0165. The molecule has 4 rings (SSSR count). The Labute approximate surface area is 172 Å². The Kier molecular flexibility index (Phi) is 5.01. The highest BCUT2D eigenvalue weighted by molar-refractivity contribution is 7.21. The fraction of sp³-hybridized carbons (Fsp3) is 0.158. The number of rotatable bonds is 4. The van der Waals surface area contributed by atoms with Gasteiger partial charge in [0.2, 0.25) is 0 Å². The van der Waals surface area contributed by atoms with Gasteiger partial charge in [0, 0.05) is 28.8 Å². The highest BCUT2D eigenvalue weighted by Crippen LogP contribution is 2.35. The number of carbonyl (C=O) groups is 1. The van der Waals surface area contributed by atoms with E-state index in [0.29, 0.717) is 21.2 Å². The number of aryl methyl sites for hydroxylation is 1. The number of halogens is 1. The average molecular weight is 432 g/mol. The van der Waals surface area contributed by atoms with E-state index in [1.807, 2.05) is 35.8 Å². The number of fused-ring (bicyclic) bond motifs is 2. The first-order valence-electron chi connectivity index (χ1n) is 8.53. The molecular weight excluding hydrogens is 418 g/mol. The third kappa shape index (κ3) is 3.23. The molecule has 4 aromatic rings. The summed E-state index contributed by atoms with van der Waals surface area (Å²) in [6.45, 7) is 2.68. The second-order valence-corrected chi connectivity index (χ2v) is 8.54. The number of nitrogens with zero attached hydrogens (tertiary/aromatic N) is 3. The van der Waals surface area contributed by atoms with Crippen molar-refractivity contribution in [3.63, 3.8) is 0 Å². The summed E-state index contributed by atoms with van der Waals surface area (Å²) in [6.07, 6.45) is 0.841. The molecule has 0 aliphatic rings. The molecule has 6 nitrogen and oxygen atoms in total. The Bertz CT molecular complexity index is 1300. The van der Waals surface area contributed by atoms with Crippen molar-refractivity contribution >= 4 is 66.2 Å². The number of hydrogen-bond acceptors (Lipinski definition) is 5. The van der Waals surface area contributed by atoms with Crippen molar-refractivity contribution in [2.75, 3.05) is 0 Å². The summed E-state index contributed by atoms with van der Waals surface area (Å²) in [5.74, 6) is -0.405. The van der Waals surface area contributed by atoms with Gasteiger partial charge in [0.05, 0.1) is 20.2 Å². The van der Waals surface area contributed by atoms with Gasteiger partial charge in [-0.1, -0.05) is 48.1 Å². The van der Waals surface area contributed by atoms with E-state index in [1.54, 1.807) is 6.07 Å². The van der Waals surface area contributed by atoms with Crippen LogP contribution < -0.4 is 4.80 Å². The number of thiazole rings is 1. The molecule has 1 amide bonds. The molecule has 0 radical (unpaired) electrons. The summed E-state index contributed by atoms with van der Waals surface area (Å²) < 4.78 is 3.57. The molecule has 142 valence electrons. The van der Waals surface area contributed by atoms with Gasteiger partial charge in [-0.15, -0.1) is 11.3 Å². The molecule has 0 bridgehead atoms. The van der Waals surface area contributed by atoms with Crippen molar-refractivity contribution in [3.8, 4) is 0 Å². The van der Waals surface area contributed by atoms with E-state index in [4.69, 9.17) is 11.6 Å². The van der Waals surface area contributed by atoms with Gasteiger partial charge in [-0.3, -0.25) is 14.9 Å². The van der Waals surface area contributed by atoms with Crippen LogP contribution in [0.5, 0.6) is 0 Å². The molecule has 0 aliphatic carbocycles. The number of non-ortho nitro benzene ring substituents is 1. The summed E-state index contributed by atoms with van der Waals surface area (Å²) in [6, 6.07) is 12.3. The highest BCUT2D eigenvalue weighted by atomic mass is 35.5. The van der Waals surface area contributed by atoms with Gasteiger partial charge >= 0.3 is 0 Å². The largest absolute Gasteiger partial charge is 0.316 e. The first kappa shape index (κ1) is 18.8. The number of hydrogen-bond donors (Lipinski definition) is 0. The number of nitro benzene ring substituents is 1. The van der Waals surface area contributed by atoms with Gasteiger partial charge in [-0.05, 0) is 18.6 Å². The van der Waals surface area contributed by atoms with Crippen LogP contribution in [0.25, 0.3) is 20.3 Å². The standard InChI is InChI=1S/C19H14ClN3O3S2/c1-2-9-22-13-8-7-11(23(25)26)10-15(13)28-19(22)21-18(24)17-16(20)12-5-3-4-6-14(12)27-17/h3-8,10H,2,9H2,1H3. The maximum Gasteiger partial charge on any atom is 0.291 e. The highest BCUT2D eigenvalue weighted by Gasteiger charge is 2.18. The van der Waals surface area contributed by atoms with Crippen molar-refractivity contribution in [2.24, 2.45) is 4.99 Å². The smallest absolute Gasteiger partial charge is 0.291 e. The lowest BCUT2D eigenvalue weighted by Gasteiger charge is -2.02. The van der Waals surface area contributed by atoms with E-state index in [9.17, 15) is 14.9 Å². The summed E-state index contributed by atoms with van der Waals surface area (Å²) >= 11 is 8.98. The van der Waals surface area contributed by atoms with Crippen LogP contribution in [0.15, 0.2) is 47.5 Å². The fourth-order valence-corrected chi connectivity index (χ4v) is 5.47. The predicted octanol–water partition coefficient (Wildman–Crippen LogP) is 5.63.